The molecule has 0 unspecified atom stereocenters. The van der Waals surface area contributed by atoms with Gasteiger partial charge in [0, 0.05) is 17.7 Å². The molecule has 7 nitrogen and oxygen atoms in total. The summed E-state index contributed by atoms with van der Waals surface area (Å²) in [5, 5.41) is 21.5. The summed E-state index contributed by atoms with van der Waals surface area (Å²) in [7, 11) is 0. The van der Waals surface area contributed by atoms with Crippen LogP contribution in [-0.2, 0) is 4.79 Å². The minimum atomic E-state index is -1.40. The highest BCUT2D eigenvalue weighted by Crippen LogP contribution is 2.22. The maximum absolute atomic E-state index is 13.5. The monoisotopic (exact) mass is 302 g/mol. The number of aliphatic carboxylic acids is 1. The van der Waals surface area contributed by atoms with Gasteiger partial charge in [-0.25, -0.2) is 4.39 Å². The maximum atomic E-state index is 13.5. The Morgan fingerprint density at radius 3 is 2.38 bits per heavy atom. The molecule has 21 heavy (non-hydrogen) atoms. The number of nitrogens with one attached hydrogen (secondary N) is 1. The third-order valence-corrected chi connectivity index (χ3v) is 2.52. The minimum absolute atomic E-state index is 0.233. The standard InChI is InChI=1S/C12H12F2N2O5/c1-12(2,5-10(17)18)15-11(19)6-3-9(16(20)21)8(14)4-7(6)13/h3-4H,5H2,1-2H3,(H,15,19)(H,17,18). The smallest absolute Gasteiger partial charge is 0.305 e. The summed E-state index contributed by atoms with van der Waals surface area (Å²) in [5.41, 5.74) is -2.99. The zero-order valence-electron chi connectivity index (χ0n) is 11.1. The Kier molecular flexibility index (Phi) is 4.56. The number of halogens is 2. The second-order valence-electron chi connectivity index (χ2n) is 4.95. The average Bonchev–Trinajstić information content (AvgIpc) is 2.24. The van der Waals surface area contributed by atoms with Crippen molar-refractivity contribution < 1.29 is 28.4 Å². The maximum Gasteiger partial charge on any atom is 0.305 e. The Morgan fingerprint density at radius 2 is 1.90 bits per heavy atom. The number of benzene rings is 1. The largest absolute Gasteiger partial charge is 0.481 e. The first-order valence-corrected chi connectivity index (χ1v) is 5.71. The Labute approximate surface area is 117 Å². The first-order valence-electron chi connectivity index (χ1n) is 5.71. The zero-order chi connectivity index (χ0) is 16.4. The first kappa shape index (κ1) is 16.5. The van der Waals surface area contributed by atoms with Crippen LogP contribution in [-0.4, -0.2) is 27.4 Å². The van der Waals surface area contributed by atoms with E-state index in [-0.39, 0.29) is 6.07 Å². The lowest BCUT2D eigenvalue weighted by molar-refractivity contribution is -0.387. The van der Waals surface area contributed by atoms with E-state index in [0.29, 0.717) is 6.07 Å². The van der Waals surface area contributed by atoms with Gasteiger partial charge in [-0.1, -0.05) is 0 Å². The zero-order valence-corrected chi connectivity index (χ0v) is 11.1. The van der Waals surface area contributed by atoms with Crippen LogP contribution in [0.4, 0.5) is 14.5 Å². The number of carboxylic acid groups (broad SMARTS) is 1. The number of rotatable bonds is 5. The predicted octanol–water partition coefficient (Wildman–Crippen LogP) is 1.86. The molecule has 0 fully saturated rings. The van der Waals surface area contributed by atoms with E-state index in [9.17, 15) is 28.5 Å². The fraction of sp³-hybridized carbons (Fsp3) is 0.333. The topological polar surface area (TPSA) is 110 Å². The minimum Gasteiger partial charge on any atom is -0.481 e. The van der Waals surface area contributed by atoms with E-state index in [1.54, 1.807) is 0 Å². The summed E-state index contributed by atoms with van der Waals surface area (Å²) >= 11 is 0. The molecule has 1 rings (SSSR count). The number of hydrogen-bond acceptors (Lipinski definition) is 4. The lowest BCUT2D eigenvalue weighted by Gasteiger charge is -2.24. The molecule has 0 aliphatic carbocycles. The van der Waals surface area contributed by atoms with Crippen LogP contribution in [0.5, 0.6) is 0 Å². The van der Waals surface area contributed by atoms with Crippen molar-refractivity contribution in [2.75, 3.05) is 0 Å². The number of nitrogens with zero attached hydrogens (tertiary/aromatic N) is 1. The van der Waals surface area contributed by atoms with Gasteiger partial charge in [0.05, 0.1) is 16.9 Å². The number of carboxylic acids is 1. The third-order valence-electron chi connectivity index (χ3n) is 2.52. The van der Waals surface area contributed by atoms with Crippen molar-refractivity contribution in [1.29, 1.82) is 0 Å². The quantitative estimate of drug-likeness (QED) is 0.637. The van der Waals surface area contributed by atoms with Gasteiger partial charge in [-0.15, -0.1) is 0 Å². The van der Waals surface area contributed by atoms with Crippen LogP contribution in [0.3, 0.4) is 0 Å². The molecule has 0 aliphatic rings. The highest BCUT2D eigenvalue weighted by molar-refractivity contribution is 5.95. The SMILES string of the molecule is CC(C)(CC(=O)O)NC(=O)c1cc([N+](=O)[O-])c(F)cc1F. The predicted molar refractivity (Wildman–Crippen MR) is 66.8 cm³/mol. The van der Waals surface area contributed by atoms with Crippen LogP contribution >= 0.6 is 0 Å². The van der Waals surface area contributed by atoms with Gasteiger partial charge in [-0.2, -0.15) is 4.39 Å². The number of carbonyl (C=O) groups is 2. The summed E-state index contributed by atoms with van der Waals surface area (Å²) in [4.78, 5) is 32.0. The number of carbonyl (C=O) groups excluding carboxylic acids is 1. The Balaban J connectivity index is 3.10. The van der Waals surface area contributed by atoms with E-state index in [4.69, 9.17) is 5.11 Å². The Morgan fingerprint density at radius 1 is 1.33 bits per heavy atom. The summed E-state index contributed by atoms with van der Waals surface area (Å²) in [6.07, 6.45) is -0.441. The van der Waals surface area contributed by atoms with Gasteiger partial charge in [0.15, 0.2) is 0 Å². The number of nitro groups is 1. The van der Waals surface area contributed by atoms with Crippen LogP contribution in [0.15, 0.2) is 12.1 Å². The van der Waals surface area contributed by atoms with Crippen LogP contribution < -0.4 is 5.32 Å². The van der Waals surface area contributed by atoms with Crippen LogP contribution in [0.2, 0.25) is 0 Å². The molecule has 0 bridgehead atoms. The van der Waals surface area contributed by atoms with E-state index < -0.39 is 51.6 Å². The number of nitro benzene ring substituents is 1. The first-order chi connectivity index (χ1) is 9.53. The van der Waals surface area contributed by atoms with Crippen molar-refractivity contribution >= 4 is 17.6 Å². The molecule has 0 saturated heterocycles. The van der Waals surface area contributed by atoms with Gasteiger partial charge in [-0.3, -0.25) is 19.7 Å². The summed E-state index contributed by atoms with van der Waals surface area (Å²) in [6.45, 7) is 2.77. The summed E-state index contributed by atoms with van der Waals surface area (Å²) < 4.78 is 26.7. The van der Waals surface area contributed by atoms with Crippen LogP contribution in [0, 0.1) is 21.7 Å². The van der Waals surface area contributed by atoms with E-state index in [2.05, 4.69) is 5.32 Å². The van der Waals surface area contributed by atoms with Gasteiger partial charge in [0.25, 0.3) is 5.91 Å². The molecule has 9 heteroatoms. The number of hydrogen-bond donors (Lipinski definition) is 2. The van der Waals surface area contributed by atoms with Crippen molar-refractivity contribution in [1.82, 2.24) is 5.32 Å². The fourth-order valence-corrected chi connectivity index (χ4v) is 1.65. The average molecular weight is 302 g/mol. The molecule has 0 saturated carbocycles. The third kappa shape index (κ3) is 4.20. The lowest BCUT2D eigenvalue weighted by Crippen LogP contribution is -2.45. The van der Waals surface area contributed by atoms with Gasteiger partial charge in [0.2, 0.25) is 5.82 Å². The van der Waals surface area contributed by atoms with Crippen molar-refractivity contribution in [3.8, 4) is 0 Å². The van der Waals surface area contributed by atoms with E-state index in [1.165, 1.54) is 13.8 Å². The van der Waals surface area contributed by atoms with E-state index >= 15 is 0 Å². The highest BCUT2D eigenvalue weighted by atomic mass is 19.1. The number of amides is 1. The van der Waals surface area contributed by atoms with E-state index in [0.717, 1.165) is 0 Å². The van der Waals surface area contributed by atoms with Gasteiger partial charge >= 0.3 is 11.7 Å². The summed E-state index contributed by atoms with van der Waals surface area (Å²) in [6, 6.07) is 0.702. The molecular weight excluding hydrogens is 290 g/mol. The van der Waals surface area contributed by atoms with Crippen molar-refractivity contribution in [3.05, 3.63) is 39.4 Å². The molecule has 1 amide bonds. The second-order valence-corrected chi connectivity index (χ2v) is 4.95. The van der Waals surface area contributed by atoms with Crippen molar-refractivity contribution in [3.63, 3.8) is 0 Å². The molecule has 0 spiro atoms. The molecule has 114 valence electrons. The van der Waals surface area contributed by atoms with Gasteiger partial charge in [-0.05, 0) is 13.8 Å². The Hall–Kier alpha value is -2.58. The van der Waals surface area contributed by atoms with Crippen molar-refractivity contribution in [2.45, 2.75) is 25.8 Å². The summed E-state index contributed by atoms with van der Waals surface area (Å²) in [5.74, 6) is -4.94. The van der Waals surface area contributed by atoms with Crippen LogP contribution in [0.1, 0.15) is 30.6 Å². The fourth-order valence-electron chi connectivity index (χ4n) is 1.65. The van der Waals surface area contributed by atoms with Gasteiger partial charge < -0.3 is 10.4 Å². The van der Waals surface area contributed by atoms with Gasteiger partial charge in [0.1, 0.15) is 5.82 Å². The molecule has 0 heterocycles. The Bertz CT molecular complexity index is 616. The van der Waals surface area contributed by atoms with E-state index in [1.807, 2.05) is 0 Å². The molecule has 2 N–H and O–H groups in total. The lowest BCUT2D eigenvalue weighted by atomic mass is 10.00. The molecule has 0 aromatic heterocycles. The molecule has 0 radical (unpaired) electrons. The molecule has 1 aromatic rings. The molecule has 1 aromatic carbocycles. The van der Waals surface area contributed by atoms with Crippen LogP contribution in [0.25, 0.3) is 0 Å². The highest BCUT2D eigenvalue weighted by Gasteiger charge is 2.28. The molecule has 0 aliphatic heterocycles. The second kappa shape index (κ2) is 5.81. The van der Waals surface area contributed by atoms with Crippen molar-refractivity contribution in [2.24, 2.45) is 0 Å². The normalized spacial score (nSPS) is 11.0. The molecular formula is C12H12F2N2O5. The molecule has 0 atom stereocenters.